The monoisotopic (exact) mass is 173 g/mol. The lowest BCUT2D eigenvalue weighted by molar-refractivity contribution is -0.122. The Morgan fingerprint density at radius 2 is 2.08 bits per heavy atom. The van der Waals surface area contributed by atoms with Crippen LogP contribution in [0.25, 0.3) is 0 Å². The molecule has 72 valence electrons. The maximum absolute atomic E-state index is 10.9. The molecule has 0 aliphatic heterocycles. The zero-order valence-corrected chi connectivity index (χ0v) is 7.89. The van der Waals surface area contributed by atoms with Crippen molar-refractivity contribution in [2.75, 3.05) is 20.6 Å². The molecule has 0 saturated carbocycles. The van der Waals surface area contributed by atoms with Crippen molar-refractivity contribution in [1.29, 1.82) is 0 Å². The van der Waals surface area contributed by atoms with Gasteiger partial charge < -0.3 is 16.4 Å². The maximum Gasteiger partial charge on any atom is 0.236 e. The molecule has 12 heavy (non-hydrogen) atoms. The zero-order valence-electron chi connectivity index (χ0n) is 7.89. The summed E-state index contributed by atoms with van der Waals surface area (Å²) in [6.07, 6.45) is 2.83. The van der Waals surface area contributed by atoms with Gasteiger partial charge >= 0.3 is 0 Å². The van der Waals surface area contributed by atoms with Crippen molar-refractivity contribution < 1.29 is 4.79 Å². The first-order valence-corrected chi connectivity index (χ1v) is 4.34. The van der Waals surface area contributed by atoms with E-state index in [9.17, 15) is 4.79 Å². The largest absolute Gasteiger partial charge is 0.358 e. The SMILES string of the molecule is CNCCCCC(N)C(=O)NC. The van der Waals surface area contributed by atoms with E-state index in [1.807, 2.05) is 7.05 Å². The average molecular weight is 173 g/mol. The van der Waals surface area contributed by atoms with Gasteiger partial charge in [0.1, 0.15) is 0 Å². The minimum absolute atomic E-state index is 0.0699. The number of hydrogen-bond donors (Lipinski definition) is 3. The van der Waals surface area contributed by atoms with Crippen molar-refractivity contribution in [3.63, 3.8) is 0 Å². The van der Waals surface area contributed by atoms with Crippen LogP contribution in [0.4, 0.5) is 0 Å². The Balaban J connectivity index is 3.31. The summed E-state index contributed by atoms with van der Waals surface area (Å²) in [5.74, 6) is -0.0699. The second kappa shape index (κ2) is 7.06. The Labute approximate surface area is 73.9 Å². The molecule has 0 fully saturated rings. The summed E-state index contributed by atoms with van der Waals surface area (Å²) in [5, 5.41) is 5.57. The Kier molecular flexibility index (Phi) is 6.70. The number of hydrogen-bond acceptors (Lipinski definition) is 3. The topological polar surface area (TPSA) is 67.1 Å². The first-order valence-electron chi connectivity index (χ1n) is 4.34. The van der Waals surface area contributed by atoms with Crippen molar-refractivity contribution >= 4 is 5.91 Å². The highest BCUT2D eigenvalue weighted by atomic mass is 16.2. The van der Waals surface area contributed by atoms with E-state index in [4.69, 9.17) is 5.73 Å². The quantitative estimate of drug-likeness (QED) is 0.472. The molecular formula is C8H19N3O. The van der Waals surface area contributed by atoms with Gasteiger partial charge in [-0.1, -0.05) is 6.42 Å². The minimum atomic E-state index is -0.341. The number of likely N-dealkylation sites (N-methyl/N-ethyl adjacent to an activating group) is 1. The fourth-order valence-electron chi connectivity index (χ4n) is 0.983. The van der Waals surface area contributed by atoms with E-state index in [2.05, 4.69) is 10.6 Å². The molecule has 4 heteroatoms. The Bertz CT molecular complexity index is 127. The Hall–Kier alpha value is -0.610. The van der Waals surface area contributed by atoms with Gasteiger partial charge in [0.15, 0.2) is 0 Å². The van der Waals surface area contributed by atoms with Gasteiger partial charge in [-0.15, -0.1) is 0 Å². The van der Waals surface area contributed by atoms with E-state index in [1.54, 1.807) is 7.05 Å². The average Bonchev–Trinajstić information content (AvgIpc) is 2.10. The highest BCUT2D eigenvalue weighted by Crippen LogP contribution is 1.97. The molecule has 1 amide bonds. The van der Waals surface area contributed by atoms with Crippen LogP contribution >= 0.6 is 0 Å². The summed E-state index contributed by atoms with van der Waals surface area (Å²) in [4.78, 5) is 10.9. The van der Waals surface area contributed by atoms with E-state index < -0.39 is 0 Å². The van der Waals surface area contributed by atoms with Gasteiger partial charge in [0, 0.05) is 7.05 Å². The van der Waals surface area contributed by atoms with Gasteiger partial charge in [0.2, 0.25) is 5.91 Å². The molecule has 0 spiro atoms. The molecule has 0 aromatic rings. The van der Waals surface area contributed by atoms with Crippen molar-refractivity contribution in [2.45, 2.75) is 25.3 Å². The molecule has 0 aromatic heterocycles. The van der Waals surface area contributed by atoms with Crippen molar-refractivity contribution in [2.24, 2.45) is 5.73 Å². The third-order valence-corrected chi connectivity index (χ3v) is 1.78. The van der Waals surface area contributed by atoms with Crippen LogP contribution in [0.15, 0.2) is 0 Å². The molecule has 0 aromatic carbocycles. The molecule has 0 aliphatic carbocycles. The molecule has 4 nitrogen and oxygen atoms in total. The van der Waals surface area contributed by atoms with E-state index in [0.29, 0.717) is 0 Å². The molecule has 0 radical (unpaired) electrons. The first kappa shape index (κ1) is 11.4. The standard InChI is InChI=1S/C8H19N3O/c1-10-6-4-3-5-7(9)8(12)11-2/h7,10H,3-6,9H2,1-2H3,(H,11,12). The molecule has 0 rings (SSSR count). The smallest absolute Gasteiger partial charge is 0.236 e. The normalized spacial score (nSPS) is 12.6. The number of amides is 1. The Morgan fingerprint density at radius 1 is 1.42 bits per heavy atom. The number of carbonyl (C=O) groups excluding carboxylic acids is 1. The number of carbonyl (C=O) groups is 1. The summed E-state index contributed by atoms with van der Waals surface area (Å²) in [5.41, 5.74) is 5.58. The number of rotatable bonds is 6. The van der Waals surface area contributed by atoms with Crippen LogP contribution in [0, 0.1) is 0 Å². The summed E-state index contributed by atoms with van der Waals surface area (Å²) in [6, 6.07) is -0.341. The van der Waals surface area contributed by atoms with Gasteiger partial charge in [0.05, 0.1) is 6.04 Å². The Morgan fingerprint density at radius 3 is 2.58 bits per heavy atom. The van der Waals surface area contributed by atoms with Crippen molar-refractivity contribution in [3.05, 3.63) is 0 Å². The summed E-state index contributed by atoms with van der Waals surface area (Å²) < 4.78 is 0. The van der Waals surface area contributed by atoms with Gasteiger partial charge in [0.25, 0.3) is 0 Å². The fourth-order valence-corrected chi connectivity index (χ4v) is 0.983. The lowest BCUT2D eigenvalue weighted by Crippen LogP contribution is -2.38. The molecule has 1 unspecified atom stereocenters. The number of unbranched alkanes of at least 4 members (excludes halogenated alkanes) is 1. The molecule has 0 aliphatic rings. The molecule has 0 bridgehead atoms. The third kappa shape index (κ3) is 5.09. The molecule has 0 saturated heterocycles. The molecule has 0 heterocycles. The summed E-state index contributed by atoms with van der Waals surface area (Å²) in [6.45, 7) is 0.987. The summed E-state index contributed by atoms with van der Waals surface area (Å²) in [7, 11) is 3.52. The van der Waals surface area contributed by atoms with E-state index in [0.717, 1.165) is 25.8 Å². The number of nitrogens with two attached hydrogens (primary N) is 1. The second-order valence-electron chi connectivity index (χ2n) is 2.82. The summed E-state index contributed by atoms with van der Waals surface area (Å²) >= 11 is 0. The van der Waals surface area contributed by atoms with Crippen LogP contribution in [0.1, 0.15) is 19.3 Å². The van der Waals surface area contributed by atoms with Crippen LogP contribution in [-0.2, 0) is 4.79 Å². The van der Waals surface area contributed by atoms with Crippen molar-refractivity contribution in [3.8, 4) is 0 Å². The first-order chi connectivity index (χ1) is 5.72. The van der Waals surface area contributed by atoms with Gasteiger partial charge in [-0.2, -0.15) is 0 Å². The highest BCUT2D eigenvalue weighted by molar-refractivity contribution is 5.81. The lowest BCUT2D eigenvalue weighted by Gasteiger charge is -2.08. The maximum atomic E-state index is 10.9. The van der Waals surface area contributed by atoms with Crippen LogP contribution in [0.2, 0.25) is 0 Å². The number of nitrogens with one attached hydrogen (secondary N) is 2. The lowest BCUT2D eigenvalue weighted by atomic mass is 10.1. The van der Waals surface area contributed by atoms with Crippen LogP contribution < -0.4 is 16.4 Å². The van der Waals surface area contributed by atoms with Crippen LogP contribution in [0.3, 0.4) is 0 Å². The zero-order chi connectivity index (χ0) is 9.40. The third-order valence-electron chi connectivity index (χ3n) is 1.78. The fraction of sp³-hybridized carbons (Fsp3) is 0.875. The predicted octanol–water partition coefficient (Wildman–Crippen LogP) is -0.551. The molecular weight excluding hydrogens is 154 g/mol. The van der Waals surface area contributed by atoms with Gasteiger partial charge in [-0.05, 0) is 26.4 Å². The predicted molar refractivity (Wildman–Crippen MR) is 49.8 cm³/mol. The molecule has 4 N–H and O–H groups in total. The van der Waals surface area contributed by atoms with E-state index >= 15 is 0 Å². The minimum Gasteiger partial charge on any atom is -0.358 e. The second-order valence-corrected chi connectivity index (χ2v) is 2.82. The highest BCUT2D eigenvalue weighted by Gasteiger charge is 2.09. The van der Waals surface area contributed by atoms with E-state index in [1.165, 1.54) is 0 Å². The van der Waals surface area contributed by atoms with Crippen LogP contribution in [0.5, 0.6) is 0 Å². The van der Waals surface area contributed by atoms with Crippen LogP contribution in [-0.4, -0.2) is 32.6 Å². The molecule has 1 atom stereocenters. The van der Waals surface area contributed by atoms with E-state index in [-0.39, 0.29) is 11.9 Å². The van der Waals surface area contributed by atoms with Gasteiger partial charge in [-0.3, -0.25) is 4.79 Å². The van der Waals surface area contributed by atoms with Crippen molar-refractivity contribution in [1.82, 2.24) is 10.6 Å². The van der Waals surface area contributed by atoms with Gasteiger partial charge in [-0.25, -0.2) is 0 Å².